The Morgan fingerprint density at radius 2 is 1.96 bits per heavy atom. The molecule has 4 aliphatic rings. The second-order valence-corrected chi connectivity index (χ2v) is 9.05. The van der Waals surface area contributed by atoms with Gasteiger partial charge in [0.1, 0.15) is 11.6 Å². The van der Waals surface area contributed by atoms with Gasteiger partial charge < -0.3 is 5.32 Å². The molecule has 0 bridgehead atoms. The minimum Gasteiger partial charge on any atom is -0.306 e. The fourth-order valence-electron chi connectivity index (χ4n) is 5.39. The van der Waals surface area contributed by atoms with Crippen molar-refractivity contribution < 1.29 is 8.78 Å². The number of rotatable bonds is 1. The molecule has 0 aromatic heterocycles. The summed E-state index contributed by atoms with van der Waals surface area (Å²) >= 11 is 2.03. The smallest absolute Gasteiger partial charge is 0.130 e. The number of hydrogen-bond donors (Lipinski definition) is 3. The molecule has 0 amide bonds. The van der Waals surface area contributed by atoms with Gasteiger partial charge in [-0.25, -0.2) is 19.6 Å². The molecule has 3 N–H and O–H groups in total. The van der Waals surface area contributed by atoms with E-state index in [1.807, 2.05) is 11.8 Å². The summed E-state index contributed by atoms with van der Waals surface area (Å²) in [6.45, 7) is 2.82. The average molecular weight is 366 g/mol. The lowest BCUT2D eigenvalue weighted by Crippen LogP contribution is -2.47. The summed E-state index contributed by atoms with van der Waals surface area (Å²) in [7, 11) is 0. The van der Waals surface area contributed by atoms with Gasteiger partial charge in [-0.3, -0.25) is 4.90 Å². The van der Waals surface area contributed by atoms with Gasteiger partial charge in [0.25, 0.3) is 0 Å². The van der Waals surface area contributed by atoms with E-state index in [1.165, 1.54) is 37.5 Å². The predicted molar refractivity (Wildman–Crippen MR) is 94.5 cm³/mol. The summed E-state index contributed by atoms with van der Waals surface area (Å²) in [5.74, 6) is -0.108. The maximum Gasteiger partial charge on any atom is 0.130 e. The molecule has 0 spiro atoms. The zero-order valence-electron chi connectivity index (χ0n) is 14.2. The summed E-state index contributed by atoms with van der Waals surface area (Å²) in [5, 5.41) is 4.40. The van der Waals surface area contributed by atoms with Crippen LogP contribution in [0.1, 0.15) is 37.8 Å². The van der Waals surface area contributed by atoms with E-state index in [0.717, 1.165) is 0 Å². The number of halogens is 2. The summed E-state index contributed by atoms with van der Waals surface area (Å²) in [6.07, 6.45) is 3.99. The van der Waals surface area contributed by atoms with Gasteiger partial charge in [0, 0.05) is 29.3 Å². The Morgan fingerprint density at radius 3 is 2.76 bits per heavy atom. The van der Waals surface area contributed by atoms with Crippen molar-refractivity contribution >= 4 is 11.8 Å². The van der Waals surface area contributed by atoms with Crippen LogP contribution in [0.4, 0.5) is 8.78 Å². The van der Waals surface area contributed by atoms with Gasteiger partial charge in [0.15, 0.2) is 0 Å². The maximum absolute atomic E-state index is 14.6. The van der Waals surface area contributed by atoms with E-state index in [9.17, 15) is 8.78 Å². The van der Waals surface area contributed by atoms with Gasteiger partial charge in [-0.2, -0.15) is 0 Å². The highest BCUT2D eigenvalue weighted by molar-refractivity contribution is 8.00. The largest absolute Gasteiger partial charge is 0.306 e. The fourth-order valence-corrected chi connectivity index (χ4v) is 7.58. The number of nitrogens with zero attached hydrogens (tertiary/aromatic N) is 1. The van der Waals surface area contributed by atoms with Crippen molar-refractivity contribution in [3.63, 3.8) is 0 Å². The number of hydrogen-bond acceptors (Lipinski definition) is 5. The molecule has 7 atom stereocenters. The van der Waals surface area contributed by atoms with Crippen molar-refractivity contribution in [2.24, 2.45) is 11.8 Å². The van der Waals surface area contributed by atoms with E-state index in [2.05, 4.69) is 28.0 Å². The predicted octanol–water partition coefficient (Wildman–Crippen LogP) is 2.55. The summed E-state index contributed by atoms with van der Waals surface area (Å²) in [5.41, 5.74) is 6.89. The van der Waals surface area contributed by atoms with E-state index >= 15 is 0 Å². The van der Waals surface area contributed by atoms with Crippen LogP contribution in [0.3, 0.4) is 0 Å². The Morgan fingerprint density at radius 1 is 1.16 bits per heavy atom. The molecule has 4 fully saturated rings. The molecule has 136 valence electrons. The number of benzene rings is 1. The highest BCUT2D eigenvalue weighted by Gasteiger charge is 2.56. The second kappa shape index (κ2) is 6.16. The van der Waals surface area contributed by atoms with Crippen LogP contribution in [0.15, 0.2) is 18.2 Å². The molecular formula is C18H24F2N4S. The quantitative estimate of drug-likeness (QED) is 0.713. The lowest BCUT2D eigenvalue weighted by Gasteiger charge is -2.35. The van der Waals surface area contributed by atoms with Crippen LogP contribution in [0, 0.1) is 23.5 Å². The minimum atomic E-state index is -0.427. The monoisotopic (exact) mass is 366 g/mol. The van der Waals surface area contributed by atoms with Crippen molar-refractivity contribution in [2.75, 3.05) is 6.54 Å². The molecule has 0 radical (unpaired) electrons. The minimum absolute atomic E-state index is 0.147. The van der Waals surface area contributed by atoms with Gasteiger partial charge >= 0.3 is 0 Å². The van der Waals surface area contributed by atoms with E-state index in [1.54, 1.807) is 0 Å². The molecule has 7 unspecified atom stereocenters. The van der Waals surface area contributed by atoms with Crippen molar-refractivity contribution in [2.45, 2.75) is 55.2 Å². The third kappa shape index (κ3) is 2.47. The third-order valence-electron chi connectivity index (χ3n) is 6.43. The van der Waals surface area contributed by atoms with Crippen LogP contribution in [0.25, 0.3) is 0 Å². The van der Waals surface area contributed by atoms with Crippen molar-refractivity contribution in [3.05, 3.63) is 35.4 Å². The molecule has 3 heterocycles. The highest BCUT2D eigenvalue weighted by Crippen LogP contribution is 2.57. The Hall–Kier alpha value is -0.730. The molecule has 1 aromatic carbocycles. The first-order chi connectivity index (χ1) is 12.1. The number of nitrogens with one attached hydrogen (secondary N) is 3. The third-order valence-corrected chi connectivity index (χ3v) is 8.20. The first kappa shape index (κ1) is 16.4. The number of fused-ring (bicyclic) bond motifs is 5. The van der Waals surface area contributed by atoms with Crippen molar-refractivity contribution in [1.82, 2.24) is 21.1 Å². The van der Waals surface area contributed by atoms with Crippen LogP contribution < -0.4 is 16.2 Å². The Balaban J connectivity index is 1.59. The van der Waals surface area contributed by atoms with E-state index in [-0.39, 0.29) is 35.2 Å². The van der Waals surface area contributed by atoms with E-state index in [0.29, 0.717) is 17.7 Å². The summed E-state index contributed by atoms with van der Waals surface area (Å²) in [6, 6.07) is 3.96. The lowest BCUT2D eigenvalue weighted by molar-refractivity contribution is 0.137. The molecule has 7 heteroatoms. The van der Waals surface area contributed by atoms with E-state index < -0.39 is 11.6 Å². The van der Waals surface area contributed by atoms with Gasteiger partial charge in [-0.1, -0.05) is 12.5 Å². The van der Waals surface area contributed by atoms with Crippen LogP contribution in [-0.2, 0) is 0 Å². The Labute approximate surface area is 151 Å². The van der Waals surface area contributed by atoms with Crippen LogP contribution >= 0.6 is 11.8 Å². The average Bonchev–Trinajstić information content (AvgIpc) is 3.22. The normalized spacial score (nSPS) is 43.6. The molecule has 5 rings (SSSR count). The Bertz CT molecular complexity index is 654. The lowest BCUT2D eigenvalue weighted by atomic mass is 9.81. The zero-order valence-corrected chi connectivity index (χ0v) is 15.0. The Kier molecular flexibility index (Phi) is 4.05. The maximum atomic E-state index is 14.6. The molecule has 1 aliphatic carbocycles. The highest BCUT2D eigenvalue weighted by atomic mass is 32.2. The van der Waals surface area contributed by atoms with Crippen molar-refractivity contribution in [3.8, 4) is 0 Å². The van der Waals surface area contributed by atoms with E-state index in [4.69, 9.17) is 0 Å². The van der Waals surface area contributed by atoms with Gasteiger partial charge in [0.2, 0.25) is 0 Å². The van der Waals surface area contributed by atoms with Crippen LogP contribution in [0.2, 0.25) is 0 Å². The number of thioether (sulfide) groups is 1. The molecule has 1 aromatic rings. The van der Waals surface area contributed by atoms with Crippen LogP contribution in [0.5, 0.6) is 0 Å². The first-order valence-corrected chi connectivity index (χ1v) is 10.2. The molecule has 1 saturated carbocycles. The standard InChI is InChI=1S/C18H24F2N4S/c1-9-22-23-14-8-21-17(16-11(19)5-3-6-12(16)20)15-10-4-2-7-13(10)25-18(15)24(9)14/h3,5-6,9-10,13-15,17-18,21-23H,2,4,7-8H2,1H3. The van der Waals surface area contributed by atoms with Crippen molar-refractivity contribution in [1.29, 1.82) is 0 Å². The second-order valence-electron chi connectivity index (χ2n) is 7.69. The summed E-state index contributed by atoms with van der Waals surface area (Å²) in [4.78, 5) is 2.47. The zero-order chi connectivity index (χ0) is 17.1. The van der Waals surface area contributed by atoms with Gasteiger partial charge in [-0.05, 0) is 37.8 Å². The molecule has 3 aliphatic heterocycles. The van der Waals surface area contributed by atoms with Gasteiger partial charge in [0.05, 0.1) is 17.7 Å². The topological polar surface area (TPSA) is 39.3 Å². The molecule has 4 nitrogen and oxygen atoms in total. The van der Waals surface area contributed by atoms with Crippen LogP contribution in [-0.4, -0.2) is 34.4 Å². The SMILES string of the molecule is CC1NNC2CNC(c3c(F)cccc3F)C3C4CCCC4SC3N12. The number of hydrazine groups is 1. The molecule has 25 heavy (non-hydrogen) atoms. The van der Waals surface area contributed by atoms with Gasteiger partial charge in [-0.15, -0.1) is 11.8 Å². The fraction of sp³-hybridized carbons (Fsp3) is 0.667. The first-order valence-electron chi connectivity index (χ1n) is 9.26. The molecule has 3 saturated heterocycles. The summed E-state index contributed by atoms with van der Waals surface area (Å²) < 4.78 is 29.2. The molecular weight excluding hydrogens is 342 g/mol.